The number of methoxy groups -OCH3 is 2. The van der Waals surface area contributed by atoms with E-state index in [1.807, 2.05) is 19.1 Å². The monoisotopic (exact) mass is 557 g/mol. The topological polar surface area (TPSA) is 111 Å². The molecule has 0 aromatic heterocycles. The van der Waals surface area contributed by atoms with Gasteiger partial charge in [-0.05, 0) is 61.7 Å². The van der Waals surface area contributed by atoms with Gasteiger partial charge in [0, 0.05) is 13.0 Å². The summed E-state index contributed by atoms with van der Waals surface area (Å²) in [5.41, 5.74) is 2.12. The first-order valence-electron chi connectivity index (χ1n) is 12.4. The molecule has 10 heteroatoms. The Hall–Kier alpha value is -4.31. The minimum Gasteiger partial charge on any atom is -0.496 e. The van der Waals surface area contributed by atoms with E-state index in [-0.39, 0.29) is 12.2 Å². The van der Waals surface area contributed by atoms with Gasteiger partial charge >= 0.3 is 5.97 Å². The molecule has 0 heterocycles. The third kappa shape index (κ3) is 8.88. The van der Waals surface area contributed by atoms with E-state index in [4.69, 9.17) is 14.2 Å². The van der Waals surface area contributed by atoms with Crippen LogP contribution in [0.4, 0.5) is 8.78 Å². The predicted molar refractivity (Wildman–Crippen MR) is 146 cm³/mol. The van der Waals surface area contributed by atoms with Crippen molar-refractivity contribution in [3.63, 3.8) is 0 Å². The van der Waals surface area contributed by atoms with Gasteiger partial charge in [-0.3, -0.25) is 4.79 Å². The van der Waals surface area contributed by atoms with Crippen LogP contribution in [-0.2, 0) is 27.4 Å². The minimum atomic E-state index is -1.40. The predicted octanol–water partition coefficient (Wildman–Crippen LogP) is 5.21. The van der Waals surface area contributed by atoms with Crippen molar-refractivity contribution >= 4 is 17.7 Å². The smallest absolute Gasteiger partial charge is 0.326 e. The number of carbonyl (C=O) groups excluding carboxylic acids is 2. The normalized spacial score (nSPS) is 11.1. The molecule has 0 bridgehead atoms. The highest BCUT2D eigenvalue weighted by Crippen LogP contribution is 2.40. The summed E-state index contributed by atoms with van der Waals surface area (Å²) in [5.74, 6) is -3.29. The summed E-state index contributed by atoms with van der Waals surface area (Å²) < 4.78 is 44.5. The van der Waals surface area contributed by atoms with Crippen molar-refractivity contribution in [2.45, 2.75) is 39.8 Å². The van der Waals surface area contributed by atoms with E-state index >= 15 is 0 Å². The largest absolute Gasteiger partial charge is 0.496 e. The van der Waals surface area contributed by atoms with Crippen LogP contribution >= 0.6 is 0 Å². The zero-order valence-corrected chi connectivity index (χ0v) is 23.0. The molecule has 0 spiro atoms. The molecule has 1 amide bonds. The van der Waals surface area contributed by atoms with Gasteiger partial charge in [0.2, 0.25) is 0 Å². The van der Waals surface area contributed by atoms with Crippen molar-refractivity contribution in [1.82, 2.24) is 5.32 Å². The van der Waals surface area contributed by atoms with Gasteiger partial charge < -0.3 is 29.4 Å². The highest BCUT2D eigenvalue weighted by Gasteiger charge is 2.25. The number of hydrogen-bond acceptors (Lipinski definition) is 6. The number of halogens is 2. The number of rotatable bonds is 11. The summed E-state index contributed by atoms with van der Waals surface area (Å²) in [5, 5.41) is 11.8. The molecule has 1 unspecified atom stereocenters. The third-order valence-electron chi connectivity index (χ3n) is 5.51. The molecule has 0 fully saturated rings. The van der Waals surface area contributed by atoms with Crippen molar-refractivity contribution in [2.24, 2.45) is 0 Å². The van der Waals surface area contributed by atoms with Gasteiger partial charge in [0.05, 0.1) is 26.4 Å². The van der Waals surface area contributed by atoms with Crippen molar-refractivity contribution in [3.8, 4) is 22.6 Å². The lowest BCUT2D eigenvalue weighted by atomic mass is 9.98. The summed E-state index contributed by atoms with van der Waals surface area (Å²) in [7, 11) is 3.10. The van der Waals surface area contributed by atoms with E-state index in [2.05, 4.69) is 5.32 Å². The maximum absolute atomic E-state index is 13.9. The molecule has 214 valence electrons. The summed E-state index contributed by atoms with van der Waals surface area (Å²) >= 11 is 0. The molecule has 0 radical (unpaired) electrons. The zero-order chi connectivity index (χ0) is 29.8. The van der Waals surface area contributed by atoms with Crippen LogP contribution in [0.15, 0.2) is 54.6 Å². The van der Waals surface area contributed by atoms with Crippen molar-refractivity contribution in [1.29, 1.82) is 0 Å². The molecule has 3 rings (SSSR count). The maximum Gasteiger partial charge on any atom is 0.326 e. The third-order valence-corrected chi connectivity index (χ3v) is 5.51. The standard InChI is InChI=1S/C27H27F2NO6.C3H6O/c1-4-36-15-17-13-22(34-2)24(23(14-17)35-3)18-10-8-16(9-11-18)12-21(27(32)33)30-26(31)25-19(28)6-5-7-20(25)29;1-3(2)4/h5-11,13-14,21H,4,12,15H2,1-3H3,(H,30,31)(H,32,33);1-2H3. The highest BCUT2D eigenvalue weighted by atomic mass is 19.1. The van der Waals surface area contributed by atoms with E-state index in [1.54, 1.807) is 38.5 Å². The van der Waals surface area contributed by atoms with Crippen LogP contribution in [0.5, 0.6) is 11.5 Å². The Balaban J connectivity index is 0.00000131. The van der Waals surface area contributed by atoms with E-state index in [0.717, 1.165) is 29.3 Å². The van der Waals surface area contributed by atoms with Gasteiger partial charge in [-0.2, -0.15) is 0 Å². The SMILES string of the molecule is CC(C)=O.CCOCc1cc(OC)c(-c2ccc(CC(NC(=O)c3c(F)cccc3F)C(=O)O)cc2)c(OC)c1. The number of Topliss-reactive ketones (excluding diaryl/α,β-unsaturated/α-hetero) is 1. The molecule has 0 aliphatic heterocycles. The number of aliphatic carboxylic acids is 1. The van der Waals surface area contributed by atoms with Crippen molar-refractivity contribution < 1.29 is 42.5 Å². The van der Waals surface area contributed by atoms with Gasteiger partial charge in [0.1, 0.15) is 40.5 Å². The van der Waals surface area contributed by atoms with Crippen LogP contribution < -0.4 is 14.8 Å². The molecule has 0 aliphatic carbocycles. The number of carboxylic acid groups (broad SMARTS) is 1. The molecule has 3 aromatic rings. The Kier molecular flexibility index (Phi) is 12.2. The summed E-state index contributed by atoms with van der Waals surface area (Å²) in [6, 6.07) is 12.3. The van der Waals surface area contributed by atoms with Crippen LogP contribution in [0.3, 0.4) is 0 Å². The summed E-state index contributed by atoms with van der Waals surface area (Å²) in [4.78, 5) is 33.6. The average Bonchev–Trinajstić information content (AvgIpc) is 2.91. The number of ether oxygens (including phenoxy) is 3. The second kappa shape index (κ2) is 15.3. The molecule has 0 saturated heterocycles. The van der Waals surface area contributed by atoms with Gasteiger partial charge in [-0.15, -0.1) is 0 Å². The number of carbonyl (C=O) groups is 3. The molecule has 3 aromatic carbocycles. The zero-order valence-electron chi connectivity index (χ0n) is 23.0. The van der Waals surface area contributed by atoms with Gasteiger partial charge in [-0.1, -0.05) is 30.3 Å². The van der Waals surface area contributed by atoms with E-state index in [1.165, 1.54) is 13.8 Å². The molecule has 1 atom stereocenters. The molecule has 40 heavy (non-hydrogen) atoms. The Labute approximate surface area is 231 Å². The van der Waals surface area contributed by atoms with Gasteiger partial charge in [0.25, 0.3) is 5.91 Å². The fourth-order valence-corrected chi connectivity index (χ4v) is 3.74. The Bertz CT molecular complexity index is 1280. The number of benzene rings is 3. The van der Waals surface area contributed by atoms with E-state index in [9.17, 15) is 28.3 Å². The number of amides is 1. The summed E-state index contributed by atoms with van der Waals surface area (Å²) in [6.07, 6.45) is -0.0982. The second-order valence-corrected chi connectivity index (χ2v) is 8.78. The lowest BCUT2D eigenvalue weighted by Gasteiger charge is -2.17. The Morgan fingerprint density at radius 3 is 1.88 bits per heavy atom. The number of carboxylic acids is 1. The highest BCUT2D eigenvalue weighted by molar-refractivity contribution is 5.97. The van der Waals surface area contributed by atoms with Gasteiger partial charge in [0.15, 0.2) is 0 Å². The fourth-order valence-electron chi connectivity index (χ4n) is 3.74. The minimum absolute atomic E-state index is 0.0982. The first kappa shape index (κ1) is 31.9. The molecule has 8 nitrogen and oxygen atoms in total. The van der Waals surface area contributed by atoms with Gasteiger partial charge in [-0.25, -0.2) is 13.6 Å². The van der Waals surface area contributed by atoms with Crippen molar-refractivity contribution in [3.05, 3.63) is 82.9 Å². The average molecular weight is 558 g/mol. The quantitative estimate of drug-likeness (QED) is 0.333. The first-order chi connectivity index (χ1) is 19.0. The fraction of sp³-hybridized carbons (Fsp3) is 0.300. The van der Waals surface area contributed by atoms with Crippen LogP contribution in [-0.4, -0.2) is 49.6 Å². The lowest BCUT2D eigenvalue weighted by molar-refractivity contribution is -0.139. The van der Waals surface area contributed by atoms with Crippen LogP contribution in [0.2, 0.25) is 0 Å². The second-order valence-electron chi connectivity index (χ2n) is 8.78. The Morgan fingerprint density at radius 1 is 0.900 bits per heavy atom. The van der Waals surface area contributed by atoms with Crippen LogP contribution in [0, 0.1) is 11.6 Å². The molecular formula is C30H33F2NO7. The van der Waals surface area contributed by atoms with E-state index < -0.39 is 35.1 Å². The molecule has 0 aliphatic rings. The maximum atomic E-state index is 13.9. The number of nitrogens with one attached hydrogen (secondary N) is 1. The van der Waals surface area contributed by atoms with Crippen LogP contribution in [0.1, 0.15) is 42.3 Å². The Morgan fingerprint density at radius 2 is 1.43 bits per heavy atom. The van der Waals surface area contributed by atoms with Crippen LogP contribution in [0.25, 0.3) is 11.1 Å². The van der Waals surface area contributed by atoms with Crippen molar-refractivity contribution in [2.75, 3.05) is 20.8 Å². The molecule has 0 saturated carbocycles. The number of hydrogen-bond donors (Lipinski definition) is 2. The first-order valence-corrected chi connectivity index (χ1v) is 12.4. The molecular weight excluding hydrogens is 524 g/mol. The molecule has 2 N–H and O–H groups in total. The van der Waals surface area contributed by atoms with E-state index in [0.29, 0.717) is 35.8 Å². The number of ketones is 1. The summed E-state index contributed by atoms with van der Waals surface area (Å²) in [6.45, 7) is 5.94. The lowest BCUT2D eigenvalue weighted by Crippen LogP contribution is -2.42.